The maximum atomic E-state index is 9.95. The molecule has 2 N–H and O–H groups in total. The lowest BCUT2D eigenvalue weighted by atomic mass is 9.92. The Labute approximate surface area is 122 Å². The predicted octanol–water partition coefficient (Wildman–Crippen LogP) is 2.69. The van der Waals surface area contributed by atoms with E-state index in [1.807, 2.05) is 24.3 Å². The van der Waals surface area contributed by atoms with Gasteiger partial charge in [0.15, 0.2) is 0 Å². The van der Waals surface area contributed by atoms with Crippen molar-refractivity contribution in [1.29, 1.82) is 0 Å². The minimum Gasteiger partial charge on any atom is -0.507 e. The summed E-state index contributed by atoms with van der Waals surface area (Å²) in [4.78, 5) is 0. The molecule has 4 nitrogen and oxygen atoms in total. The number of para-hydroxylation sites is 1. The highest BCUT2D eigenvalue weighted by Gasteiger charge is 2.19. The molecule has 104 valence electrons. The van der Waals surface area contributed by atoms with Gasteiger partial charge in [-0.05, 0) is 35.9 Å². The fraction of sp³-hybridized carbons (Fsp3) is 0.176. The maximum absolute atomic E-state index is 9.95. The molecule has 1 saturated heterocycles. The highest BCUT2D eigenvalue weighted by molar-refractivity contribution is 5.83. The van der Waals surface area contributed by atoms with E-state index >= 15 is 0 Å². The van der Waals surface area contributed by atoms with E-state index in [4.69, 9.17) is 0 Å². The zero-order valence-corrected chi connectivity index (χ0v) is 11.5. The highest BCUT2D eigenvalue weighted by Crippen LogP contribution is 2.29. The highest BCUT2D eigenvalue weighted by atomic mass is 16.3. The molecule has 0 unspecified atom stereocenters. The standard InChI is InChI=1S/C17H15N3O/c21-17-4-2-1-3-14(17)16-8-12-7-11(13-9-18-10-13)5-6-15(12)19-20-16/h1-8,13,18,21H,9-10H2. The van der Waals surface area contributed by atoms with Crippen LogP contribution in [0.4, 0.5) is 0 Å². The fourth-order valence-electron chi connectivity index (χ4n) is 2.66. The second-order valence-corrected chi connectivity index (χ2v) is 5.42. The van der Waals surface area contributed by atoms with Gasteiger partial charge in [0.2, 0.25) is 0 Å². The van der Waals surface area contributed by atoms with Crippen molar-refractivity contribution in [3.05, 3.63) is 54.1 Å². The molecule has 0 spiro atoms. The minimum absolute atomic E-state index is 0.227. The van der Waals surface area contributed by atoms with Gasteiger partial charge in [-0.25, -0.2) is 0 Å². The summed E-state index contributed by atoms with van der Waals surface area (Å²) in [6.07, 6.45) is 0. The van der Waals surface area contributed by atoms with Gasteiger partial charge in [-0.1, -0.05) is 18.2 Å². The van der Waals surface area contributed by atoms with Crippen LogP contribution in [0.1, 0.15) is 11.5 Å². The molecule has 1 fully saturated rings. The number of phenolic OH excluding ortho intramolecular Hbond substituents is 1. The Morgan fingerprint density at radius 2 is 1.86 bits per heavy atom. The van der Waals surface area contributed by atoms with Gasteiger partial charge in [0, 0.05) is 30.0 Å². The van der Waals surface area contributed by atoms with Gasteiger partial charge in [0.05, 0.1) is 11.2 Å². The summed E-state index contributed by atoms with van der Waals surface area (Å²) in [6, 6.07) is 15.5. The van der Waals surface area contributed by atoms with Crippen molar-refractivity contribution in [2.75, 3.05) is 13.1 Å². The van der Waals surface area contributed by atoms with Gasteiger partial charge in [0.1, 0.15) is 5.75 Å². The van der Waals surface area contributed by atoms with E-state index in [2.05, 4.69) is 27.6 Å². The lowest BCUT2D eigenvalue weighted by molar-refractivity contribution is 0.449. The normalized spacial score (nSPS) is 15.0. The molecule has 0 bridgehead atoms. The predicted molar refractivity (Wildman–Crippen MR) is 82.2 cm³/mol. The number of phenols is 1. The van der Waals surface area contributed by atoms with Crippen LogP contribution in [0.15, 0.2) is 48.5 Å². The summed E-state index contributed by atoms with van der Waals surface area (Å²) in [5.41, 5.74) is 3.62. The first-order valence-corrected chi connectivity index (χ1v) is 7.08. The zero-order chi connectivity index (χ0) is 14.2. The molecule has 3 aromatic rings. The zero-order valence-electron chi connectivity index (χ0n) is 11.5. The minimum atomic E-state index is 0.227. The SMILES string of the molecule is Oc1ccccc1-c1cc2cc(C3CNC3)ccc2nn1. The number of nitrogens with one attached hydrogen (secondary N) is 1. The molecule has 0 radical (unpaired) electrons. The quantitative estimate of drug-likeness (QED) is 0.756. The number of hydrogen-bond acceptors (Lipinski definition) is 4. The third-order valence-corrected chi connectivity index (χ3v) is 4.04. The van der Waals surface area contributed by atoms with Gasteiger partial charge in [-0.15, -0.1) is 10.2 Å². The summed E-state index contributed by atoms with van der Waals surface area (Å²) >= 11 is 0. The van der Waals surface area contributed by atoms with Gasteiger partial charge >= 0.3 is 0 Å². The van der Waals surface area contributed by atoms with E-state index in [1.165, 1.54) is 5.56 Å². The summed E-state index contributed by atoms with van der Waals surface area (Å²) < 4.78 is 0. The number of fused-ring (bicyclic) bond motifs is 1. The summed E-state index contributed by atoms with van der Waals surface area (Å²) in [6.45, 7) is 2.08. The number of nitrogens with zero attached hydrogens (tertiary/aromatic N) is 2. The second-order valence-electron chi connectivity index (χ2n) is 5.42. The van der Waals surface area contributed by atoms with Crippen LogP contribution in [-0.4, -0.2) is 28.4 Å². The van der Waals surface area contributed by atoms with E-state index in [9.17, 15) is 5.11 Å². The first kappa shape index (κ1) is 12.3. The van der Waals surface area contributed by atoms with Crippen LogP contribution in [0.3, 0.4) is 0 Å². The van der Waals surface area contributed by atoms with Crippen molar-refractivity contribution in [2.45, 2.75) is 5.92 Å². The molecule has 1 aliphatic heterocycles. The summed E-state index contributed by atoms with van der Waals surface area (Å²) in [5, 5.41) is 22.8. The molecule has 2 heterocycles. The first-order valence-electron chi connectivity index (χ1n) is 7.08. The van der Waals surface area contributed by atoms with Crippen LogP contribution in [0, 0.1) is 0 Å². The Bertz CT molecular complexity index is 812. The van der Waals surface area contributed by atoms with Gasteiger partial charge in [-0.3, -0.25) is 0 Å². The Morgan fingerprint density at radius 1 is 1.00 bits per heavy atom. The lowest BCUT2D eigenvalue weighted by Crippen LogP contribution is -2.39. The Kier molecular flexibility index (Phi) is 2.82. The Morgan fingerprint density at radius 3 is 2.62 bits per heavy atom. The number of aromatic hydroxyl groups is 1. The van der Waals surface area contributed by atoms with Crippen LogP contribution in [0.25, 0.3) is 22.2 Å². The Balaban J connectivity index is 1.82. The number of benzene rings is 2. The molecule has 1 aliphatic rings. The van der Waals surface area contributed by atoms with Crippen molar-refractivity contribution in [3.63, 3.8) is 0 Å². The number of hydrogen-bond donors (Lipinski definition) is 2. The van der Waals surface area contributed by atoms with E-state index in [0.29, 0.717) is 17.2 Å². The van der Waals surface area contributed by atoms with Crippen molar-refractivity contribution >= 4 is 10.9 Å². The van der Waals surface area contributed by atoms with Gasteiger partial charge < -0.3 is 10.4 Å². The average molecular weight is 277 g/mol. The van der Waals surface area contributed by atoms with Crippen LogP contribution < -0.4 is 5.32 Å². The van der Waals surface area contributed by atoms with Crippen molar-refractivity contribution in [2.24, 2.45) is 0 Å². The molecule has 4 heteroatoms. The second kappa shape index (κ2) is 4.82. The summed E-state index contributed by atoms with van der Waals surface area (Å²) in [7, 11) is 0. The molecule has 0 amide bonds. The third-order valence-electron chi connectivity index (χ3n) is 4.04. The molecule has 0 atom stereocenters. The molecular formula is C17H15N3O. The molecule has 2 aromatic carbocycles. The topological polar surface area (TPSA) is 58.0 Å². The average Bonchev–Trinajstić information content (AvgIpc) is 2.45. The van der Waals surface area contributed by atoms with Crippen molar-refractivity contribution in [1.82, 2.24) is 15.5 Å². The molecule has 21 heavy (non-hydrogen) atoms. The van der Waals surface area contributed by atoms with E-state index < -0.39 is 0 Å². The monoisotopic (exact) mass is 277 g/mol. The smallest absolute Gasteiger partial charge is 0.125 e. The third kappa shape index (κ3) is 2.14. The molecule has 0 aliphatic carbocycles. The van der Waals surface area contributed by atoms with Crippen LogP contribution in [0.5, 0.6) is 5.75 Å². The van der Waals surface area contributed by atoms with E-state index in [1.54, 1.807) is 12.1 Å². The van der Waals surface area contributed by atoms with Gasteiger partial charge in [0.25, 0.3) is 0 Å². The summed E-state index contributed by atoms with van der Waals surface area (Å²) in [5.74, 6) is 0.821. The maximum Gasteiger partial charge on any atom is 0.125 e. The first-order chi connectivity index (χ1) is 10.3. The lowest BCUT2D eigenvalue weighted by Gasteiger charge is -2.27. The van der Waals surface area contributed by atoms with E-state index in [-0.39, 0.29) is 5.75 Å². The van der Waals surface area contributed by atoms with Crippen LogP contribution in [0.2, 0.25) is 0 Å². The van der Waals surface area contributed by atoms with Gasteiger partial charge in [-0.2, -0.15) is 0 Å². The van der Waals surface area contributed by atoms with Crippen molar-refractivity contribution < 1.29 is 5.11 Å². The molecule has 1 aromatic heterocycles. The Hall–Kier alpha value is -2.46. The van der Waals surface area contributed by atoms with Crippen LogP contribution >= 0.6 is 0 Å². The van der Waals surface area contributed by atoms with Crippen molar-refractivity contribution in [3.8, 4) is 17.0 Å². The number of aromatic nitrogens is 2. The number of rotatable bonds is 2. The molecule has 0 saturated carbocycles. The molecule has 4 rings (SSSR count). The van der Waals surface area contributed by atoms with E-state index in [0.717, 1.165) is 24.0 Å². The largest absolute Gasteiger partial charge is 0.507 e. The van der Waals surface area contributed by atoms with Crippen LogP contribution in [-0.2, 0) is 0 Å². The fourth-order valence-corrected chi connectivity index (χ4v) is 2.66. The molecular weight excluding hydrogens is 262 g/mol.